The number of nitrogens with one attached hydrogen (secondary N) is 1. The van der Waals surface area contributed by atoms with Crippen molar-refractivity contribution in [3.63, 3.8) is 0 Å². The number of esters is 1. The second-order valence-corrected chi connectivity index (χ2v) is 2.72. The van der Waals surface area contributed by atoms with Gasteiger partial charge in [-0.2, -0.15) is 0 Å². The summed E-state index contributed by atoms with van der Waals surface area (Å²) in [4.78, 5) is 20.9. The van der Waals surface area contributed by atoms with Gasteiger partial charge in [0.05, 0.1) is 0 Å². The lowest BCUT2D eigenvalue weighted by Gasteiger charge is -2.07. The zero-order valence-corrected chi connectivity index (χ0v) is 7.03. The van der Waals surface area contributed by atoms with Gasteiger partial charge in [-0.05, 0) is 13.0 Å². The van der Waals surface area contributed by atoms with Crippen LogP contribution >= 0.6 is 0 Å². The van der Waals surface area contributed by atoms with Crippen molar-refractivity contribution in [3.05, 3.63) is 12.2 Å². The van der Waals surface area contributed by atoms with E-state index in [1.54, 1.807) is 0 Å². The third-order valence-corrected chi connectivity index (χ3v) is 1.66. The maximum Gasteiger partial charge on any atom is 0.331 e. The van der Waals surface area contributed by atoms with Crippen LogP contribution in [0.15, 0.2) is 12.2 Å². The van der Waals surface area contributed by atoms with Crippen LogP contribution in [0, 0.1) is 0 Å². The Morgan fingerprint density at radius 3 is 2.77 bits per heavy atom. The molecule has 1 aliphatic heterocycles. The van der Waals surface area contributed by atoms with E-state index in [-0.39, 0.29) is 6.10 Å². The minimum Gasteiger partial charge on any atom is -0.478 e. The van der Waals surface area contributed by atoms with E-state index in [1.807, 2.05) is 0 Å². The van der Waals surface area contributed by atoms with Gasteiger partial charge in [0, 0.05) is 18.7 Å². The van der Waals surface area contributed by atoms with Crippen molar-refractivity contribution in [1.29, 1.82) is 0 Å². The standard InChI is InChI=1S/C8H11NO4/c10-7(11)1-2-8(12)13-6-3-4-9-5-6/h1-2,6,9H,3-5H2,(H,10,11)/b2-1-/t6-/m1/s1. The summed E-state index contributed by atoms with van der Waals surface area (Å²) in [6.07, 6.45) is 2.35. The first kappa shape index (κ1) is 9.73. The molecule has 1 aliphatic rings. The molecule has 0 amide bonds. The molecule has 0 saturated carbocycles. The van der Waals surface area contributed by atoms with Crippen molar-refractivity contribution in [1.82, 2.24) is 5.32 Å². The molecule has 1 heterocycles. The van der Waals surface area contributed by atoms with Crippen LogP contribution in [0.3, 0.4) is 0 Å². The van der Waals surface area contributed by atoms with E-state index >= 15 is 0 Å². The normalized spacial score (nSPS) is 22.0. The monoisotopic (exact) mass is 185 g/mol. The number of rotatable bonds is 3. The molecule has 0 aromatic heterocycles. The summed E-state index contributed by atoms with van der Waals surface area (Å²) in [7, 11) is 0. The Labute approximate surface area is 75.4 Å². The first-order valence-electron chi connectivity index (χ1n) is 4.01. The fourth-order valence-electron chi connectivity index (χ4n) is 1.07. The number of ether oxygens (including phenoxy) is 1. The molecule has 0 aromatic carbocycles. The van der Waals surface area contributed by atoms with Crippen LogP contribution in [0.1, 0.15) is 6.42 Å². The molecule has 1 rings (SSSR count). The number of carbonyl (C=O) groups excluding carboxylic acids is 1. The largest absolute Gasteiger partial charge is 0.478 e. The summed E-state index contributed by atoms with van der Waals surface area (Å²) >= 11 is 0. The topological polar surface area (TPSA) is 75.6 Å². The summed E-state index contributed by atoms with van der Waals surface area (Å²) < 4.78 is 4.91. The van der Waals surface area contributed by atoms with Crippen molar-refractivity contribution in [2.24, 2.45) is 0 Å². The maximum atomic E-state index is 10.9. The third-order valence-electron chi connectivity index (χ3n) is 1.66. The van der Waals surface area contributed by atoms with E-state index in [9.17, 15) is 9.59 Å². The highest BCUT2D eigenvalue weighted by Crippen LogP contribution is 2.03. The summed E-state index contributed by atoms with van der Waals surface area (Å²) in [5.74, 6) is -1.75. The quantitative estimate of drug-likeness (QED) is 0.459. The van der Waals surface area contributed by atoms with Crippen molar-refractivity contribution >= 4 is 11.9 Å². The average Bonchev–Trinajstić information content (AvgIpc) is 2.53. The van der Waals surface area contributed by atoms with Crippen molar-refractivity contribution < 1.29 is 19.4 Å². The Balaban J connectivity index is 2.28. The van der Waals surface area contributed by atoms with Gasteiger partial charge in [-0.1, -0.05) is 0 Å². The summed E-state index contributed by atoms with van der Waals surface area (Å²) in [5, 5.41) is 11.2. The number of carboxylic acid groups (broad SMARTS) is 1. The smallest absolute Gasteiger partial charge is 0.331 e. The predicted molar refractivity (Wildman–Crippen MR) is 44.1 cm³/mol. The van der Waals surface area contributed by atoms with Gasteiger partial charge >= 0.3 is 11.9 Å². The van der Waals surface area contributed by atoms with E-state index in [1.165, 1.54) is 0 Å². The molecule has 0 bridgehead atoms. The zero-order valence-electron chi connectivity index (χ0n) is 7.03. The van der Waals surface area contributed by atoms with Crippen LogP contribution in [0.5, 0.6) is 0 Å². The Morgan fingerprint density at radius 1 is 1.46 bits per heavy atom. The van der Waals surface area contributed by atoms with Crippen LogP contribution in [0.2, 0.25) is 0 Å². The highest BCUT2D eigenvalue weighted by atomic mass is 16.5. The number of carbonyl (C=O) groups is 2. The summed E-state index contributed by atoms with van der Waals surface area (Å²) in [5.41, 5.74) is 0. The van der Waals surface area contributed by atoms with Gasteiger partial charge in [-0.25, -0.2) is 9.59 Å². The van der Waals surface area contributed by atoms with Gasteiger partial charge in [0.25, 0.3) is 0 Å². The highest BCUT2D eigenvalue weighted by molar-refractivity contribution is 5.90. The molecule has 0 aromatic rings. The van der Waals surface area contributed by atoms with Crippen LogP contribution in [-0.2, 0) is 14.3 Å². The number of hydrogen-bond acceptors (Lipinski definition) is 4. The predicted octanol–water partition coefficient (Wildman–Crippen LogP) is -0.468. The number of aliphatic carboxylic acids is 1. The van der Waals surface area contributed by atoms with Crippen molar-refractivity contribution in [2.45, 2.75) is 12.5 Å². The molecule has 1 atom stereocenters. The van der Waals surface area contributed by atoms with Gasteiger partial charge in [-0.3, -0.25) is 0 Å². The van der Waals surface area contributed by atoms with Crippen molar-refractivity contribution in [3.8, 4) is 0 Å². The molecule has 13 heavy (non-hydrogen) atoms. The molecule has 0 spiro atoms. The zero-order chi connectivity index (χ0) is 9.68. The van der Waals surface area contributed by atoms with E-state index in [2.05, 4.69) is 5.32 Å². The van der Waals surface area contributed by atoms with Gasteiger partial charge in [0.1, 0.15) is 6.10 Å². The van der Waals surface area contributed by atoms with Crippen LogP contribution in [0.4, 0.5) is 0 Å². The van der Waals surface area contributed by atoms with Crippen LogP contribution in [0.25, 0.3) is 0 Å². The highest BCUT2D eigenvalue weighted by Gasteiger charge is 2.17. The number of hydrogen-bond donors (Lipinski definition) is 2. The lowest BCUT2D eigenvalue weighted by Crippen LogP contribution is -2.19. The second kappa shape index (κ2) is 4.61. The van der Waals surface area contributed by atoms with Crippen LogP contribution in [-0.4, -0.2) is 36.2 Å². The second-order valence-electron chi connectivity index (χ2n) is 2.72. The maximum absolute atomic E-state index is 10.9. The van der Waals surface area contributed by atoms with Gasteiger partial charge in [0.15, 0.2) is 0 Å². The van der Waals surface area contributed by atoms with Crippen molar-refractivity contribution in [2.75, 3.05) is 13.1 Å². The average molecular weight is 185 g/mol. The fourth-order valence-corrected chi connectivity index (χ4v) is 1.07. The molecular weight excluding hydrogens is 174 g/mol. The van der Waals surface area contributed by atoms with E-state index in [4.69, 9.17) is 9.84 Å². The van der Waals surface area contributed by atoms with Crippen LogP contribution < -0.4 is 5.32 Å². The third kappa shape index (κ3) is 3.71. The molecule has 2 N–H and O–H groups in total. The Bertz CT molecular complexity index is 230. The Hall–Kier alpha value is -1.36. The molecule has 0 aliphatic carbocycles. The lowest BCUT2D eigenvalue weighted by atomic mass is 10.3. The number of carboxylic acids is 1. The van der Waals surface area contributed by atoms with E-state index in [0.29, 0.717) is 6.54 Å². The van der Waals surface area contributed by atoms with Gasteiger partial charge < -0.3 is 15.2 Å². The molecular formula is C8H11NO4. The molecule has 0 unspecified atom stereocenters. The molecule has 0 radical (unpaired) electrons. The Kier molecular flexibility index (Phi) is 3.45. The summed E-state index contributed by atoms with van der Waals surface area (Å²) in [6, 6.07) is 0. The minimum atomic E-state index is -1.15. The molecule has 72 valence electrons. The van der Waals surface area contributed by atoms with E-state index < -0.39 is 11.9 Å². The molecule has 1 fully saturated rings. The first-order chi connectivity index (χ1) is 6.18. The summed E-state index contributed by atoms with van der Waals surface area (Å²) in [6.45, 7) is 1.48. The molecule has 5 heteroatoms. The Morgan fingerprint density at radius 2 is 2.23 bits per heavy atom. The molecule has 1 saturated heterocycles. The first-order valence-corrected chi connectivity index (χ1v) is 4.01. The minimum absolute atomic E-state index is 0.119. The van der Waals surface area contributed by atoms with Gasteiger partial charge in [-0.15, -0.1) is 0 Å². The van der Waals surface area contributed by atoms with E-state index in [0.717, 1.165) is 25.1 Å². The lowest BCUT2D eigenvalue weighted by molar-refractivity contribution is -0.142. The SMILES string of the molecule is O=C(O)/C=C\C(=O)O[C@@H]1CCNC1. The molecule has 5 nitrogen and oxygen atoms in total. The van der Waals surface area contributed by atoms with Gasteiger partial charge in [0.2, 0.25) is 0 Å². The fraction of sp³-hybridized carbons (Fsp3) is 0.500.